The minimum Gasteiger partial charge on any atom is -0.494 e. The molecule has 1 aromatic carbocycles. The third-order valence-electron chi connectivity index (χ3n) is 3.75. The molecule has 1 aromatic rings. The highest BCUT2D eigenvalue weighted by Crippen LogP contribution is 2.31. The molecule has 0 aliphatic carbocycles. The van der Waals surface area contributed by atoms with Gasteiger partial charge in [-0.1, -0.05) is 25.6 Å². The van der Waals surface area contributed by atoms with E-state index in [4.69, 9.17) is 9.47 Å². The van der Waals surface area contributed by atoms with Crippen molar-refractivity contribution in [2.75, 3.05) is 24.7 Å². The van der Waals surface area contributed by atoms with Gasteiger partial charge in [0.05, 0.1) is 12.6 Å². The SMILES string of the molecule is C=C1NC(=O)N[C@H](c2ccc(OCC)cc2)[C@H]1C(=O)OCCSCC. The zero-order valence-corrected chi connectivity index (χ0v) is 15.4. The van der Waals surface area contributed by atoms with Gasteiger partial charge in [-0.2, -0.15) is 11.8 Å². The number of ether oxygens (including phenoxy) is 2. The molecule has 0 radical (unpaired) electrons. The number of urea groups is 1. The molecule has 7 heteroatoms. The van der Waals surface area contributed by atoms with Gasteiger partial charge in [0.25, 0.3) is 0 Å². The summed E-state index contributed by atoms with van der Waals surface area (Å²) in [5, 5.41) is 5.36. The van der Waals surface area contributed by atoms with Crippen molar-refractivity contribution < 1.29 is 19.1 Å². The standard InChI is InChI=1S/C18H24N2O4S/c1-4-23-14-8-6-13(7-9-14)16-15(12(3)19-18(22)20-16)17(21)24-10-11-25-5-2/h6-9,15-16H,3-5,10-11H2,1-2H3,(H2,19,20,22)/t15-,16+/m0/s1. The van der Waals surface area contributed by atoms with Crippen LogP contribution in [0.2, 0.25) is 0 Å². The fraction of sp³-hybridized carbons (Fsp3) is 0.444. The summed E-state index contributed by atoms with van der Waals surface area (Å²) in [5.74, 6) is 1.38. The first kappa shape index (κ1) is 19.2. The molecule has 2 amide bonds. The van der Waals surface area contributed by atoms with Crippen LogP contribution in [0, 0.1) is 5.92 Å². The Bertz CT molecular complexity index is 618. The summed E-state index contributed by atoms with van der Waals surface area (Å²) < 4.78 is 10.8. The Kier molecular flexibility index (Phi) is 7.18. The van der Waals surface area contributed by atoms with E-state index in [2.05, 4.69) is 24.1 Å². The van der Waals surface area contributed by atoms with Crippen molar-refractivity contribution >= 4 is 23.8 Å². The van der Waals surface area contributed by atoms with Crippen molar-refractivity contribution in [3.8, 4) is 5.75 Å². The minimum atomic E-state index is -0.678. The average Bonchev–Trinajstić information content (AvgIpc) is 2.59. The van der Waals surface area contributed by atoms with Crippen LogP contribution in [0.25, 0.3) is 0 Å². The third kappa shape index (κ3) is 5.16. The summed E-state index contributed by atoms with van der Waals surface area (Å²) in [7, 11) is 0. The van der Waals surface area contributed by atoms with Crippen LogP contribution in [-0.4, -0.2) is 36.7 Å². The quantitative estimate of drug-likeness (QED) is 0.548. The topological polar surface area (TPSA) is 76.7 Å². The number of nitrogens with one attached hydrogen (secondary N) is 2. The van der Waals surface area contributed by atoms with Crippen LogP contribution in [0.5, 0.6) is 5.75 Å². The molecule has 2 rings (SSSR count). The van der Waals surface area contributed by atoms with Crippen LogP contribution >= 0.6 is 11.8 Å². The predicted octanol–water partition coefficient (Wildman–Crippen LogP) is 2.87. The highest BCUT2D eigenvalue weighted by molar-refractivity contribution is 7.99. The molecule has 6 nitrogen and oxygen atoms in total. The largest absolute Gasteiger partial charge is 0.494 e. The maximum atomic E-state index is 12.5. The molecular weight excluding hydrogens is 340 g/mol. The number of thioether (sulfide) groups is 1. The van der Waals surface area contributed by atoms with Crippen molar-refractivity contribution in [2.45, 2.75) is 19.9 Å². The van der Waals surface area contributed by atoms with Gasteiger partial charge in [-0.05, 0) is 30.4 Å². The molecule has 0 aromatic heterocycles. The van der Waals surface area contributed by atoms with Gasteiger partial charge in [0.2, 0.25) is 0 Å². The van der Waals surface area contributed by atoms with E-state index in [1.54, 1.807) is 11.8 Å². The van der Waals surface area contributed by atoms with E-state index in [0.29, 0.717) is 18.9 Å². The summed E-state index contributed by atoms with van der Waals surface area (Å²) >= 11 is 1.70. The Morgan fingerprint density at radius 1 is 1.28 bits per heavy atom. The Labute approximate surface area is 152 Å². The van der Waals surface area contributed by atoms with Gasteiger partial charge >= 0.3 is 12.0 Å². The Morgan fingerprint density at radius 3 is 2.64 bits per heavy atom. The first-order chi connectivity index (χ1) is 12.1. The van der Waals surface area contributed by atoms with Crippen molar-refractivity contribution in [3.63, 3.8) is 0 Å². The number of hydrogen-bond acceptors (Lipinski definition) is 5. The number of carbonyl (C=O) groups is 2. The Balaban J connectivity index is 2.14. The van der Waals surface area contributed by atoms with E-state index < -0.39 is 17.9 Å². The van der Waals surface area contributed by atoms with Crippen LogP contribution in [0.3, 0.4) is 0 Å². The molecule has 136 valence electrons. The number of amides is 2. The monoisotopic (exact) mass is 364 g/mol. The third-order valence-corrected chi connectivity index (χ3v) is 4.61. The molecule has 1 aliphatic heterocycles. The van der Waals surface area contributed by atoms with Crippen molar-refractivity contribution in [2.24, 2.45) is 5.92 Å². The lowest BCUT2D eigenvalue weighted by Gasteiger charge is -2.33. The van der Waals surface area contributed by atoms with E-state index in [1.165, 1.54) is 0 Å². The van der Waals surface area contributed by atoms with Crippen molar-refractivity contribution in [1.82, 2.24) is 10.6 Å². The predicted molar refractivity (Wildman–Crippen MR) is 98.6 cm³/mol. The van der Waals surface area contributed by atoms with Gasteiger partial charge in [-0.15, -0.1) is 0 Å². The van der Waals surface area contributed by atoms with Crippen LogP contribution < -0.4 is 15.4 Å². The minimum absolute atomic E-state index is 0.338. The first-order valence-electron chi connectivity index (χ1n) is 8.30. The molecule has 1 heterocycles. The van der Waals surface area contributed by atoms with Crippen LogP contribution in [0.4, 0.5) is 4.79 Å². The molecule has 1 fully saturated rings. The number of rotatable bonds is 8. The van der Waals surface area contributed by atoms with E-state index >= 15 is 0 Å². The fourth-order valence-electron chi connectivity index (χ4n) is 2.61. The number of esters is 1. The van der Waals surface area contributed by atoms with E-state index in [1.807, 2.05) is 31.2 Å². The molecule has 25 heavy (non-hydrogen) atoms. The smallest absolute Gasteiger partial charge is 0.319 e. The normalized spacial score (nSPS) is 19.8. The summed E-state index contributed by atoms with van der Waals surface area (Å²) in [5.41, 5.74) is 1.14. The highest BCUT2D eigenvalue weighted by atomic mass is 32.2. The summed E-state index contributed by atoms with van der Waals surface area (Å²) in [6.07, 6.45) is 0. The van der Waals surface area contributed by atoms with Crippen LogP contribution in [-0.2, 0) is 9.53 Å². The van der Waals surface area contributed by atoms with Gasteiger partial charge < -0.3 is 20.1 Å². The maximum absolute atomic E-state index is 12.5. The molecular formula is C18H24N2O4S. The second kappa shape index (κ2) is 9.36. The molecule has 0 unspecified atom stereocenters. The maximum Gasteiger partial charge on any atom is 0.319 e. The number of carbonyl (C=O) groups excluding carboxylic acids is 2. The summed E-state index contributed by atoms with van der Waals surface area (Å²) in [6, 6.07) is 6.40. The van der Waals surface area contributed by atoms with Gasteiger partial charge in [-0.25, -0.2) is 4.79 Å². The lowest BCUT2D eigenvalue weighted by atomic mass is 9.89. The van der Waals surface area contributed by atoms with Gasteiger partial charge in [0.15, 0.2) is 0 Å². The van der Waals surface area contributed by atoms with Gasteiger partial charge in [0, 0.05) is 11.4 Å². The molecule has 1 saturated heterocycles. The zero-order chi connectivity index (χ0) is 18.2. The molecule has 0 spiro atoms. The second-order valence-corrected chi connectivity index (χ2v) is 6.84. The zero-order valence-electron chi connectivity index (χ0n) is 14.5. The van der Waals surface area contributed by atoms with Gasteiger partial charge in [-0.3, -0.25) is 4.79 Å². The van der Waals surface area contributed by atoms with E-state index in [-0.39, 0.29) is 6.03 Å². The summed E-state index contributed by atoms with van der Waals surface area (Å²) in [6.45, 7) is 8.71. The number of hydrogen-bond donors (Lipinski definition) is 2. The molecule has 2 atom stereocenters. The Morgan fingerprint density at radius 2 is 2.00 bits per heavy atom. The van der Waals surface area contributed by atoms with E-state index in [9.17, 15) is 9.59 Å². The van der Waals surface area contributed by atoms with Crippen LogP contribution in [0.1, 0.15) is 25.5 Å². The fourth-order valence-corrected chi connectivity index (χ4v) is 3.10. The Hall–Kier alpha value is -2.15. The van der Waals surface area contributed by atoms with Crippen LogP contribution in [0.15, 0.2) is 36.5 Å². The van der Waals surface area contributed by atoms with Gasteiger partial charge in [0.1, 0.15) is 18.3 Å². The second-order valence-electron chi connectivity index (χ2n) is 5.45. The molecule has 0 bridgehead atoms. The van der Waals surface area contributed by atoms with Crippen molar-refractivity contribution in [3.05, 3.63) is 42.1 Å². The summed E-state index contributed by atoms with van der Waals surface area (Å²) in [4.78, 5) is 24.4. The average molecular weight is 364 g/mol. The number of benzene rings is 1. The lowest BCUT2D eigenvalue weighted by molar-refractivity contribution is -0.147. The first-order valence-corrected chi connectivity index (χ1v) is 9.45. The molecule has 0 saturated carbocycles. The lowest BCUT2D eigenvalue weighted by Crippen LogP contribution is -2.51. The van der Waals surface area contributed by atoms with Crippen molar-refractivity contribution in [1.29, 1.82) is 0 Å². The molecule has 2 N–H and O–H groups in total. The van der Waals surface area contributed by atoms with E-state index in [0.717, 1.165) is 22.8 Å². The highest BCUT2D eigenvalue weighted by Gasteiger charge is 2.38. The molecule has 1 aliphatic rings.